The molecule has 13 heteroatoms. The first-order chi connectivity index (χ1) is 22.0. The standard InChI is InChI=1S/C33H44F2N6O4S/c1-5-6-7-14-41(22-38-30-18-27(33(42)36-3)28(34)19-29(30)35)26-12-15-40(16-13-26)21-24-8-11-32(37-20-24)45-31-10-9-25(17-23(31)2)39-46(4,43)44/h8-11,17-20,26,38-39H,5-7,12-16,21-22H2,1-4H3,(H,36,42). The molecule has 2 heterocycles. The molecule has 46 heavy (non-hydrogen) atoms. The van der Waals surface area contributed by atoms with Gasteiger partial charge in [0, 0.05) is 50.2 Å². The smallest absolute Gasteiger partial charge is 0.254 e. The van der Waals surface area contributed by atoms with Crippen molar-refractivity contribution in [2.45, 2.75) is 58.5 Å². The van der Waals surface area contributed by atoms with Gasteiger partial charge >= 0.3 is 0 Å². The summed E-state index contributed by atoms with van der Waals surface area (Å²) in [5, 5.41) is 5.51. The summed E-state index contributed by atoms with van der Waals surface area (Å²) >= 11 is 0. The topological polar surface area (TPSA) is 116 Å². The first kappa shape index (κ1) is 35.1. The van der Waals surface area contributed by atoms with E-state index in [2.05, 4.69) is 37.1 Å². The van der Waals surface area contributed by atoms with Crippen LogP contribution >= 0.6 is 0 Å². The van der Waals surface area contributed by atoms with Gasteiger partial charge in [0.2, 0.25) is 15.9 Å². The number of aryl methyl sites for hydroxylation is 1. The van der Waals surface area contributed by atoms with Crippen LogP contribution < -0.4 is 20.1 Å². The number of carbonyl (C=O) groups excluding carboxylic acids is 1. The van der Waals surface area contributed by atoms with Crippen molar-refractivity contribution in [2.24, 2.45) is 0 Å². The fourth-order valence-corrected chi connectivity index (χ4v) is 6.11. The van der Waals surface area contributed by atoms with Crippen LogP contribution in [0.4, 0.5) is 20.2 Å². The minimum absolute atomic E-state index is 0.106. The molecule has 3 aromatic rings. The van der Waals surface area contributed by atoms with Gasteiger partial charge in [-0.1, -0.05) is 25.8 Å². The van der Waals surface area contributed by atoms with Crippen molar-refractivity contribution in [1.29, 1.82) is 0 Å². The molecule has 1 saturated heterocycles. The fourth-order valence-electron chi connectivity index (χ4n) is 5.56. The summed E-state index contributed by atoms with van der Waals surface area (Å²) in [6.45, 7) is 7.79. The maximum Gasteiger partial charge on any atom is 0.254 e. The van der Waals surface area contributed by atoms with Crippen LogP contribution in [0.2, 0.25) is 0 Å². The van der Waals surface area contributed by atoms with Gasteiger partial charge in [-0.2, -0.15) is 0 Å². The highest BCUT2D eigenvalue weighted by atomic mass is 32.2. The summed E-state index contributed by atoms with van der Waals surface area (Å²) in [4.78, 5) is 21.2. The van der Waals surface area contributed by atoms with Gasteiger partial charge in [0.15, 0.2) is 0 Å². The number of rotatable bonds is 15. The van der Waals surface area contributed by atoms with Gasteiger partial charge < -0.3 is 15.4 Å². The molecule has 4 rings (SSSR count). The third-order valence-electron chi connectivity index (χ3n) is 8.02. The van der Waals surface area contributed by atoms with Crippen LogP contribution in [0.3, 0.4) is 0 Å². The maximum atomic E-state index is 14.6. The van der Waals surface area contributed by atoms with Gasteiger partial charge in [0.1, 0.15) is 17.4 Å². The second-order valence-corrected chi connectivity index (χ2v) is 13.5. The molecule has 3 N–H and O–H groups in total. The van der Waals surface area contributed by atoms with Gasteiger partial charge in [-0.25, -0.2) is 22.2 Å². The first-order valence-electron chi connectivity index (χ1n) is 15.6. The molecule has 0 unspecified atom stereocenters. The molecule has 1 amide bonds. The van der Waals surface area contributed by atoms with E-state index in [1.54, 1.807) is 18.2 Å². The Balaban J connectivity index is 1.31. The van der Waals surface area contributed by atoms with Gasteiger partial charge in [0.05, 0.1) is 24.2 Å². The van der Waals surface area contributed by atoms with Crippen LogP contribution in [-0.4, -0.2) is 74.8 Å². The van der Waals surface area contributed by atoms with E-state index in [0.29, 0.717) is 30.0 Å². The van der Waals surface area contributed by atoms with Crippen molar-refractivity contribution in [1.82, 2.24) is 20.1 Å². The number of sulfonamides is 1. The fraction of sp³-hybridized carbons (Fsp3) is 0.455. The highest BCUT2D eigenvalue weighted by Crippen LogP contribution is 2.27. The number of hydrogen-bond acceptors (Lipinski definition) is 8. The SMILES string of the molecule is CCCCCN(CNc1cc(C(=O)NC)c(F)cc1F)C1CCN(Cc2ccc(Oc3ccc(NS(C)(=O)=O)cc3C)nc2)CC1. The summed E-state index contributed by atoms with van der Waals surface area (Å²) in [6.07, 6.45) is 8.02. The lowest BCUT2D eigenvalue weighted by atomic mass is 10.0. The number of pyridine rings is 1. The molecule has 0 spiro atoms. The highest BCUT2D eigenvalue weighted by Gasteiger charge is 2.25. The van der Waals surface area contributed by atoms with Gasteiger partial charge in [0.25, 0.3) is 5.91 Å². The molecule has 1 aliphatic heterocycles. The Morgan fingerprint density at radius 2 is 1.85 bits per heavy atom. The van der Waals surface area contributed by atoms with Crippen LogP contribution in [-0.2, 0) is 16.6 Å². The van der Waals surface area contributed by atoms with Crippen LogP contribution in [0.15, 0.2) is 48.7 Å². The number of halogens is 2. The van der Waals surface area contributed by atoms with Crippen molar-refractivity contribution in [3.63, 3.8) is 0 Å². The first-order valence-corrected chi connectivity index (χ1v) is 17.5. The number of unbranched alkanes of at least 4 members (excludes halogenated alkanes) is 2. The monoisotopic (exact) mass is 658 g/mol. The molecule has 0 atom stereocenters. The number of nitrogens with zero attached hydrogens (tertiary/aromatic N) is 3. The predicted molar refractivity (Wildman–Crippen MR) is 177 cm³/mol. The number of hydrogen-bond donors (Lipinski definition) is 3. The number of likely N-dealkylation sites (tertiary alicyclic amines) is 1. The number of ether oxygens (including phenoxy) is 1. The zero-order valence-electron chi connectivity index (χ0n) is 26.9. The Labute approximate surface area is 270 Å². The Morgan fingerprint density at radius 3 is 2.48 bits per heavy atom. The summed E-state index contributed by atoms with van der Waals surface area (Å²) in [5.74, 6) is -1.18. The number of benzene rings is 2. The van der Waals surface area contributed by atoms with E-state index in [1.165, 1.54) is 13.1 Å². The van der Waals surface area contributed by atoms with Crippen molar-refractivity contribution >= 4 is 27.3 Å². The number of piperidine rings is 1. The zero-order chi connectivity index (χ0) is 33.3. The van der Waals surface area contributed by atoms with Crippen LogP contribution in [0, 0.1) is 18.6 Å². The maximum absolute atomic E-state index is 14.6. The van der Waals surface area contributed by atoms with E-state index in [1.807, 2.05) is 25.3 Å². The molecule has 0 saturated carbocycles. The average molecular weight is 659 g/mol. The summed E-state index contributed by atoms with van der Waals surface area (Å²) in [7, 11) is -1.95. The van der Waals surface area contributed by atoms with E-state index in [9.17, 15) is 22.0 Å². The van der Waals surface area contributed by atoms with Crippen molar-refractivity contribution in [3.8, 4) is 11.6 Å². The Kier molecular flexibility index (Phi) is 12.3. The molecular formula is C33H44F2N6O4S. The summed E-state index contributed by atoms with van der Waals surface area (Å²) < 4.78 is 60.1. The minimum Gasteiger partial charge on any atom is -0.439 e. The van der Waals surface area contributed by atoms with E-state index in [-0.39, 0.29) is 11.3 Å². The molecule has 1 aliphatic rings. The number of amides is 1. The second-order valence-electron chi connectivity index (χ2n) is 11.7. The van der Waals surface area contributed by atoms with Gasteiger partial charge in [-0.15, -0.1) is 0 Å². The molecule has 1 aromatic heterocycles. The number of carbonyl (C=O) groups is 1. The Hall–Kier alpha value is -3.81. The van der Waals surface area contributed by atoms with Gasteiger partial charge in [-0.05, 0) is 74.7 Å². The third kappa shape index (κ3) is 10.1. The number of aromatic nitrogens is 1. The molecule has 2 aromatic carbocycles. The minimum atomic E-state index is -3.36. The van der Waals surface area contributed by atoms with Crippen molar-refractivity contribution in [2.75, 3.05) is 49.6 Å². The lowest BCUT2D eigenvalue weighted by Gasteiger charge is -2.39. The average Bonchev–Trinajstić information content (AvgIpc) is 3.01. The summed E-state index contributed by atoms with van der Waals surface area (Å²) in [6, 6.07) is 11.2. The Morgan fingerprint density at radius 1 is 1.09 bits per heavy atom. The molecule has 0 aliphatic carbocycles. The Bertz CT molecular complexity index is 1580. The summed E-state index contributed by atoms with van der Waals surface area (Å²) in [5.41, 5.74) is 2.22. The van der Waals surface area contributed by atoms with Gasteiger partial charge in [-0.3, -0.25) is 19.3 Å². The van der Waals surface area contributed by atoms with Crippen LogP contribution in [0.1, 0.15) is 60.5 Å². The zero-order valence-corrected chi connectivity index (χ0v) is 27.7. The molecule has 10 nitrogen and oxygen atoms in total. The number of anilines is 2. The molecule has 1 fully saturated rings. The van der Waals surface area contributed by atoms with Crippen molar-refractivity contribution in [3.05, 3.63) is 77.0 Å². The normalized spacial score (nSPS) is 14.3. The second kappa shape index (κ2) is 16.1. The van der Waals surface area contributed by atoms with Crippen LogP contribution in [0.5, 0.6) is 11.6 Å². The lowest BCUT2D eigenvalue weighted by molar-refractivity contribution is 0.0959. The van der Waals surface area contributed by atoms with Crippen LogP contribution in [0.25, 0.3) is 0 Å². The number of nitrogens with one attached hydrogen (secondary N) is 3. The molecule has 250 valence electrons. The molecule has 0 radical (unpaired) electrons. The molecular weight excluding hydrogens is 614 g/mol. The van der Waals surface area contributed by atoms with E-state index < -0.39 is 27.6 Å². The largest absolute Gasteiger partial charge is 0.439 e. The van der Waals surface area contributed by atoms with E-state index >= 15 is 0 Å². The lowest BCUT2D eigenvalue weighted by Crippen LogP contribution is -2.46. The quantitative estimate of drug-likeness (QED) is 0.140. The van der Waals surface area contributed by atoms with E-state index in [4.69, 9.17) is 4.74 Å². The predicted octanol–water partition coefficient (Wildman–Crippen LogP) is 5.72. The van der Waals surface area contributed by atoms with E-state index in [0.717, 1.165) is 81.7 Å². The van der Waals surface area contributed by atoms with Crippen molar-refractivity contribution < 1.29 is 26.7 Å². The highest BCUT2D eigenvalue weighted by molar-refractivity contribution is 7.92. The third-order valence-corrected chi connectivity index (χ3v) is 8.63. The molecule has 0 bridgehead atoms.